The number of aryl methyl sites for hydroxylation is 2. The molecule has 0 aliphatic heterocycles. The van der Waals surface area contributed by atoms with Crippen molar-refractivity contribution in [3.8, 4) is 0 Å². The van der Waals surface area contributed by atoms with Gasteiger partial charge in [-0.1, -0.05) is 13.0 Å². The Morgan fingerprint density at radius 3 is 2.94 bits per heavy atom. The number of hydrogen-bond donors (Lipinski definition) is 1. The van der Waals surface area contributed by atoms with Gasteiger partial charge >= 0.3 is 0 Å². The SMILES string of the molecule is CCC(=O)NCc1ccc2c(c1)nc(C)n2C. The maximum absolute atomic E-state index is 11.2. The summed E-state index contributed by atoms with van der Waals surface area (Å²) in [4.78, 5) is 15.6. The summed E-state index contributed by atoms with van der Waals surface area (Å²) in [5, 5.41) is 2.86. The number of nitrogens with one attached hydrogen (secondary N) is 1. The molecule has 0 saturated carbocycles. The molecule has 1 heterocycles. The Bertz CT molecular complexity index is 557. The minimum atomic E-state index is 0.0716. The van der Waals surface area contributed by atoms with Crippen molar-refractivity contribution in [2.45, 2.75) is 26.8 Å². The minimum absolute atomic E-state index is 0.0716. The Balaban J connectivity index is 2.23. The van der Waals surface area contributed by atoms with Crippen LogP contribution in [0.5, 0.6) is 0 Å². The van der Waals surface area contributed by atoms with E-state index in [0.717, 1.165) is 22.4 Å². The van der Waals surface area contributed by atoms with E-state index in [4.69, 9.17) is 0 Å². The van der Waals surface area contributed by atoms with Gasteiger partial charge in [0.05, 0.1) is 11.0 Å². The van der Waals surface area contributed by atoms with Crippen molar-refractivity contribution in [1.29, 1.82) is 0 Å². The van der Waals surface area contributed by atoms with Crippen LogP contribution >= 0.6 is 0 Å². The standard InChI is InChI=1S/C13H17N3O/c1-4-13(17)14-8-10-5-6-12-11(7-10)15-9(2)16(12)3/h5-7H,4,8H2,1-3H3,(H,14,17). The molecule has 0 aliphatic rings. The fourth-order valence-electron chi connectivity index (χ4n) is 1.80. The first kappa shape index (κ1) is 11.6. The molecule has 1 aromatic carbocycles. The van der Waals surface area contributed by atoms with Crippen LogP contribution in [0, 0.1) is 6.92 Å². The van der Waals surface area contributed by atoms with E-state index in [0.29, 0.717) is 13.0 Å². The van der Waals surface area contributed by atoms with Gasteiger partial charge in [0.15, 0.2) is 0 Å². The third kappa shape index (κ3) is 2.30. The first-order valence-corrected chi connectivity index (χ1v) is 5.80. The Hall–Kier alpha value is -1.84. The molecule has 0 fully saturated rings. The number of carbonyl (C=O) groups excluding carboxylic acids is 1. The smallest absolute Gasteiger partial charge is 0.219 e. The predicted octanol–water partition coefficient (Wildman–Crippen LogP) is 1.91. The van der Waals surface area contributed by atoms with Crippen LogP contribution < -0.4 is 5.32 Å². The maximum atomic E-state index is 11.2. The predicted molar refractivity (Wildman–Crippen MR) is 67.6 cm³/mol. The summed E-state index contributed by atoms with van der Waals surface area (Å²) in [6, 6.07) is 6.10. The van der Waals surface area contributed by atoms with E-state index in [9.17, 15) is 4.79 Å². The van der Waals surface area contributed by atoms with Crippen molar-refractivity contribution in [2.24, 2.45) is 7.05 Å². The second-order valence-electron chi connectivity index (χ2n) is 4.17. The van der Waals surface area contributed by atoms with Crippen LogP contribution in [0.1, 0.15) is 24.7 Å². The van der Waals surface area contributed by atoms with E-state index in [1.807, 2.05) is 39.1 Å². The lowest BCUT2D eigenvalue weighted by molar-refractivity contribution is -0.120. The monoisotopic (exact) mass is 231 g/mol. The van der Waals surface area contributed by atoms with Gasteiger partial charge in [-0.25, -0.2) is 4.98 Å². The average Bonchev–Trinajstić information content (AvgIpc) is 2.62. The van der Waals surface area contributed by atoms with Gasteiger partial charge in [0.25, 0.3) is 0 Å². The fraction of sp³-hybridized carbons (Fsp3) is 0.385. The topological polar surface area (TPSA) is 46.9 Å². The molecule has 1 N–H and O–H groups in total. The summed E-state index contributed by atoms with van der Waals surface area (Å²) in [5.41, 5.74) is 3.18. The van der Waals surface area contributed by atoms with Gasteiger partial charge in [-0.2, -0.15) is 0 Å². The Kier molecular flexibility index (Phi) is 3.13. The molecule has 0 saturated heterocycles. The van der Waals surface area contributed by atoms with E-state index < -0.39 is 0 Å². The normalized spacial score (nSPS) is 10.8. The molecule has 2 rings (SSSR count). The number of carbonyl (C=O) groups is 1. The van der Waals surface area contributed by atoms with E-state index in [-0.39, 0.29) is 5.91 Å². The van der Waals surface area contributed by atoms with Crippen molar-refractivity contribution in [3.05, 3.63) is 29.6 Å². The molecule has 1 aromatic heterocycles. The molecule has 0 radical (unpaired) electrons. The van der Waals surface area contributed by atoms with Gasteiger partial charge in [-0.05, 0) is 24.6 Å². The molecule has 0 spiro atoms. The van der Waals surface area contributed by atoms with E-state index in [1.54, 1.807) is 0 Å². The van der Waals surface area contributed by atoms with Gasteiger partial charge in [-0.3, -0.25) is 4.79 Å². The number of amides is 1. The Morgan fingerprint density at radius 2 is 2.24 bits per heavy atom. The van der Waals surface area contributed by atoms with E-state index in [1.165, 1.54) is 0 Å². The molecule has 2 aromatic rings. The minimum Gasteiger partial charge on any atom is -0.352 e. The molecule has 4 heteroatoms. The zero-order chi connectivity index (χ0) is 12.4. The highest BCUT2D eigenvalue weighted by Gasteiger charge is 2.05. The van der Waals surface area contributed by atoms with Crippen molar-refractivity contribution in [3.63, 3.8) is 0 Å². The quantitative estimate of drug-likeness (QED) is 0.877. The Morgan fingerprint density at radius 1 is 1.47 bits per heavy atom. The van der Waals surface area contributed by atoms with Crippen molar-refractivity contribution in [2.75, 3.05) is 0 Å². The second kappa shape index (κ2) is 4.57. The first-order chi connectivity index (χ1) is 8.11. The molecule has 1 amide bonds. The Labute approximate surface area is 101 Å². The molecule has 0 atom stereocenters. The third-order valence-corrected chi connectivity index (χ3v) is 2.98. The van der Waals surface area contributed by atoms with E-state index in [2.05, 4.69) is 14.9 Å². The van der Waals surface area contributed by atoms with Gasteiger partial charge in [0, 0.05) is 20.0 Å². The summed E-state index contributed by atoms with van der Waals surface area (Å²) in [5.74, 6) is 1.07. The molecule has 17 heavy (non-hydrogen) atoms. The molecular formula is C13H17N3O. The molecular weight excluding hydrogens is 214 g/mol. The number of aromatic nitrogens is 2. The van der Waals surface area contributed by atoms with E-state index >= 15 is 0 Å². The summed E-state index contributed by atoms with van der Waals surface area (Å²) in [6.07, 6.45) is 0.519. The third-order valence-electron chi connectivity index (χ3n) is 2.98. The number of nitrogens with zero attached hydrogens (tertiary/aromatic N) is 2. The molecule has 0 aliphatic carbocycles. The van der Waals surface area contributed by atoms with Crippen molar-refractivity contribution < 1.29 is 4.79 Å². The lowest BCUT2D eigenvalue weighted by Gasteiger charge is -2.03. The maximum Gasteiger partial charge on any atom is 0.219 e. The van der Waals surface area contributed by atoms with Crippen LogP contribution in [0.25, 0.3) is 11.0 Å². The summed E-state index contributed by atoms with van der Waals surface area (Å²) >= 11 is 0. The van der Waals surface area contributed by atoms with Crippen LogP contribution in [-0.2, 0) is 18.4 Å². The molecule has 0 bridgehead atoms. The van der Waals surface area contributed by atoms with Crippen LogP contribution in [0.15, 0.2) is 18.2 Å². The highest BCUT2D eigenvalue weighted by atomic mass is 16.1. The van der Waals surface area contributed by atoms with Gasteiger partial charge < -0.3 is 9.88 Å². The number of fused-ring (bicyclic) bond motifs is 1. The van der Waals surface area contributed by atoms with Crippen LogP contribution in [0.2, 0.25) is 0 Å². The van der Waals surface area contributed by atoms with Crippen molar-refractivity contribution in [1.82, 2.24) is 14.9 Å². The second-order valence-corrected chi connectivity index (χ2v) is 4.17. The van der Waals surface area contributed by atoms with Gasteiger partial charge in [-0.15, -0.1) is 0 Å². The largest absolute Gasteiger partial charge is 0.352 e. The number of imidazole rings is 1. The molecule has 0 unspecified atom stereocenters. The zero-order valence-electron chi connectivity index (χ0n) is 10.4. The van der Waals surface area contributed by atoms with Gasteiger partial charge in [0.2, 0.25) is 5.91 Å². The molecule has 4 nitrogen and oxygen atoms in total. The average molecular weight is 231 g/mol. The summed E-state index contributed by atoms with van der Waals surface area (Å²) in [7, 11) is 2.00. The van der Waals surface area contributed by atoms with Crippen molar-refractivity contribution >= 4 is 16.9 Å². The highest BCUT2D eigenvalue weighted by Crippen LogP contribution is 2.16. The number of rotatable bonds is 3. The summed E-state index contributed by atoms with van der Waals surface area (Å²) in [6.45, 7) is 4.40. The zero-order valence-corrected chi connectivity index (χ0v) is 10.4. The highest BCUT2D eigenvalue weighted by molar-refractivity contribution is 5.78. The van der Waals surface area contributed by atoms with Crippen LogP contribution in [0.3, 0.4) is 0 Å². The first-order valence-electron chi connectivity index (χ1n) is 5.80. The number of hydrogen-bond acceptors (Lipinski definition) is 2. The lowest BCUT2D eigenvalue weighted by atomic mass is 10.2. The van der Waals surface area contributed by atoms with Crippen LogP contribution in [-0.4, -0.2) is 15.5 Å². The fourth-order valence-corrected chi connectivity index (χ4v) is 1.80. The van der Waals surface area contributed by atoms with Gasteiger partial charge in [0.1, 0.15) is 5.82 Å². The summed E-state index contributed by atoms with van der Waals surface area (Å²) < 4.78 is 2.06. The number of benzene rings is 1. The molecule has 90 valence electrons. The van der Waals surface area contributed by atoms with Crippen LogP contribution in [0.4, 0.5) is 0 Å². The lowest BCUT2D eigenvalue weighted by Crippen LogP contribution is -2.21.